The maximum absolute atomic E-state index is 9.39. The molecule has 0 aromatic heterocycles. The summed E-state index contributed by atoms with van der Waals surface area (Å²) in [5, 5.41) is 9.39. The zero-order chi connectivity index (χ0) is 8.69. The van der Waals surface area contributed by atoms with Gasteiger partial charge in [-0.2, -0.15) is 0 Å². The van der Waals surface area contributed by atoms with Gasteiger partial charge in [0.05, 0.1) is 6.10 Å². The lowest BCUT2D eigenvalue weighted by molar-refractivity contribution is 0.114. The fourth-order valence-corrected chi connectivity index (χ4v) is 1.04. The molecule has 0 saturated heterocycles. The smallest absolute Gasteiger partial charge is 0.0566 e. The van der Waals surface area contributed by atoms with Gasteiger partial charge in [0.2, 0.25) is 0 Å². The quantitative estimate of drug-likeness (QED) is 0.607. The number of hydrogen-bond donors (Lipinski definition) is 1. The van der Waals surface area contributed by atoms with E-state index < -0.39 is 0 Å². The fraction of sp³-hybridized carbons (Fsp3) is 0.800. The molecule has 11 heavy (non-hydrogen) atoms. The van der Waals surface area contributed by atoms with Crippen LogP contribution in [0.4, 0.5) is 0 Å². The van der Waals surface area contributed by atoms with Gasteiger partial charge in [-0.25, -0.2) is 0 Å². The second-order valence-electron chi connectivity index (χ2n) is 3.07. The Hall–Kier alpha value is -0.300. The van der Waals surface area contributed by atoms with E-state index in [0.717, 1.165) is 19.3 Å². The van der Waals surface area contributed by atoms with E-state index in [-0.39, 0.29) is 6.10 Å². The van der Waals surface area contributed by atoms with E-state index in [0.29, 0.717) is 5.92 Å². The summed E-state index contributed by atoms with van der Waals surface area (Å²) in [6.07, 6.45) is 7.14. The Morgan fingerprint density at radius 3 is 2.36 bits per heavy atom. The molecule has 1 heteroatoms. The highest BCUT2D eigenvalue weighted by Gasteiger charge is 2.08. The minimum Gasteiger partial charge on any atom is -0.393 e. The van der Waals surface area contributed by atoms with Crippen LogP contribution in [0.5, 0.6) is 0 Å². The second-order valence-corrected chi connectivity index (χ2v) is 3.07. The molecule has 0 aliphatic heterocycles. The van der Waals surface area contributed by atoms with Crippen molar-refractivity contribution in [1.29, 1.82) is 0 Å². The Kier molecular flexibility index (Phi) is 6.24. The normalized spacial score (nSPS) is 17.1. The minimum atomic E-state index is -0.128. The number of aliphatic hydroxyl groups is 1. The van der Waals surface area contributed by atoms with Gasteiger partial charge in [-0.3, -0.25) is 0 Å². The number of allylic oxidation sites excluding steroid dienone is 2. The summed E-state index contributed by atoms with van der Waals surface area (Å²) < 4.78 is 0. The van der Waals surface area contributed by atoms with Crippen LogP contribution in [0.15, 0.2) is 12.2 Å². The first kappa shape index (κ1) is 10.7. The molecule has 0 spiro atoms. The van der Waals surface area contributed by atoms with Gasteiger partial charge in [-0.15, -0.1) is 0 Å². The molecule has 66 valence electrons. The fourth-order valence-electron chi connectivity index (χ4n) is 1.04. The molecule has 1 nitrogen and oxygen atoms in total. The Balaban J connectivity index is 3.50. The molecule has 0 aromatic carbocycles. The first-order valence-corrected chi connectivity index (χ1v) is 4.55. The molecular weight excluding hydrogens is 136 g/mol. The van der Waals surface area contributed by atoms with Gasteiger partial charge in [0.15, 0.2) is 0 Å². The van der Waals surface area contributed by atoms with Gasteiger partial charge in [-0.05, 0) is 25.2 Å². The Morgan fingerprint density at radius 2 is 1.91 bits per heavy atom. The second kappa shape index (κ2) is 6.41. The molecular formula is C10H20O. The van der Waals surface area contributed by atoms with Crippen LogP contribution in [0.3, 0.4) is 0 Å². The summed E-state index contributed by atoms with van der Waals surface area (Å²) in [5.41, 5.74) is 0. The zero-order valence-electron chi connectivity index (χ0n) is 7.88. The summed E-state index contributed by atoms with van der Waals surface area (Å²) in [6, 6.07) is 0. The van der Waals surface area contributed by atoms with Crippen LogP contribution in [0, 0.1) is 5.92 Å². The van der Waals surface area contributed by atoms with Crippen LogP contribution in [-0.2, 0) is 0 Å². The third-order valence-corrected chi connectivity index (χ3v) is 1.99. The van der Waals surface area contributed by atoms with Crippen LogP contribution in [-0.4, -0.2) is 11.2 Å². The highest BCUT2D eigenvalue weighted by atomic mass is 16.3. The molecule has 0 amide bonds. The average Bonchev–Trinajstić information content (AvgIpc) is 2.03. The van der Waals surface area contributed by atoms with Crippen molar-refractivity contribution in [2.75, 3.05) is 0 Å². The van der Waals surface area contributed by atoms with Crippen molar-refractivity contribution >= 4 is 0 Å². The van der Waals surface area contributed by atoms with E-state index in [1.54, 1.807) is 0 Å². The standard InChI is InChI=1S/C10H20O/c1-4-6-7-8-9(3)10(11)5-2/h6-7,9-11H,4-5,8H2,1-3H3/b7-6-. The first-order valence-electron chi connectivity index (χ1n) is 4.55. The molecule has 0 aliphatic rings. The van der Waals surface area contributed by atoms with Gasteiger partial charge in [0.1, 0.15) is 0 Å². The molecule has 0 fully saturated rings. The Morgan fingerprint density at radius 1 is 1.27 bits per heavy atom. The zero-order valence-corrected chi connectivity index (χ0v) is 7.88. The summed E-state index contributed by atoms with van der Waals surface area (Å²) in [4.78, 5) is 0. The first-order chi connectivity index (χ1) is 5.22. The molecule has 0 bridgehead atoms. The van der Waals surface area contributed by atoms with Crippen LogP contribution < -0.4 is 0 Å². The van der Waals surface area contributed by atoms with Crippen molar-refractivity contribution in [2.45, 2.75) is 46.1 Å². The summed E-state index contributed by atoms with van der Waals surface area (Å²) in [5.74, 6) is 0.405. The molecule has 0 aliphatic carbocycles. The lowest BCUT2D eigenvalue weighted by atomic mass is 9.99. The minimum absolute atomic E-state index is 0.128. The summed E-state index contributed by atoms with van der Waals surface area (Å²) in [7, 11) is 0. The van der Waals surface area contributed by atoms with Gasteiger partial charge < -0.3 is 5.11 Å². The van der Waals surface area contributed by atoms with Gasteiger partial charge >= 0.3 is 0 Å². The monoisotopic (exact) mass is 156 g/mol. The Labute approximate surface area is 70.1 Å². The number of aliphatic hydroxyl groups excluding tert-OH is 1. The summed E-state index contributed by atoms with van der Waals surface area (Å²) in [6.45, 7) is 6.23. The highest BCUT2D eigenvalue weighted by molar-refractivity contribution is 4.83. The van der Waals surface area contributed by atoms with E-state index in [9.17, 15) is 5.11 Å². The summed E-state index contributed by atoms with van der Waals surface area (Å²) >= 11 is 0. The lowest BCUT2D eigenvalue weighted by Crippen LogP contribution is -2.15. The molecule has 0 radical (unpaired) electrons. The van der Waals surface area contributed by atoms with Crippen molar-refractivity contribution in [3.05, 3.63) is 12.2 Å². The van der Waals surface area contributed by atoms with E-state index in [2.05, 4.69) is 26.0 Å². The lowest BCUT2D eigenvalue weighted by Gasteiger charge is -2.14. The van der Waals surface area contributed by atoms with Crippen molar-refractivity contribution in [1.82, 2.24) is 0 Å². The maximum Gasteiger partial charge on any atom is 0.0566 e. The molecule has 0 saturated carbocycles. The molecule has 2 atom stereocenters. The van der Waals surface area contributed by atoms with E-state index in [4.69, 9.17) is 0 Å². The molecule has 1 N–H and O–H groups in total. The largest absolute Gasteiger partial charge is 0.393 e. The third-order valence-electron chi connectivity index (χ3n) is 1.99. The van der Waals surface area contributed by atoms with Crippen molar-refractivity contribution in [3.63, 3.8) is 0 Å². The predicted molar refractivity (Wildman–Crippen MR) is 49.5 cm³/mol. The van der Waals surface area contributed by atoms with E-state index in [1.807, 2.05) is 6.92 Å². The maximum atomic E-state index is 9.39. The highest BCUT2D eigenvalue weighted by Crippen LogP contribution is 2.11. The number of rotatable bonds is 5. The topological polar surface area (TPSA) is 20.2 Å². The average molecular weight is 156 g/mol. The van der Waals surface area contributed by atoms with Crippen molar-refractivity contribution < 1.29 is 5.11 Å². The van der Waals surface area contributed by atoms with E-state index in [1.165, 1.54) is 0 Å². The third kappa shape index (κ3) is 5.02. The van der Waals surface area contributed by atoms with E-state index >= 15 is 0 Å². The van der Waals surface area contributed by atoms with Crippen LogP contribution >= 0.6 is 0 Å². The van der Waals surface area contributed by atoms with Gasteiger partial charge in [0, 0.05) is 0 Å². The van der Waals surface area contributed by atoms with Crippen LogP contribution in [0.2, 0.25) is 0 Å². The Bertz CT molecular complexity index is 107. The SMILES string of the molecule is CC/C=C\CC(C)C(O)CC. The van der Waals surface area contributed by atoms with Crippen LogP contribution in [0.1, 0.15) is 40.0 Å². The molecule has 0 heterocycles. The van der Waals surface area contributed by atoms with Gasteiger partial charge in [0.25, 0.3) is 0 Å². The van der Waals surface area contributed by atoms with Gasteiger partial charge in [-0.1, -0.05) is 32.9 Å². The predicted octanol–water partition coefficient (Wildman–Crippen LogP) is 2.75. The molecule has 0 rings (SSSR count). The van der Waals surface area contributed by atoms with Crippen LogP contribution in [0.25, 0.3) is 0 Å². The number of hydrogen-bond acceptors (Lipinski definition) is 1. The van der Waals surface area contributed by atoms with Crippen molar-refractivity contribution in [3.8, 4) is 0 Å². The van der Waals surface area contributed by atoms with Crippen molar-refractivity contribution in [2.24, 2.45) is 5.92 Å². The molecule has 0 aromatic rings. The molecule has 2 unspecified atom stereocenters.